The Hall–Kier alpha value is -1.70. The molecule has 1 nitrogen and oxygen atoms in total. The lowest BCUT2D eigenvalue weighted by molar-refractivity contribution is 0.628. The van der Waals surface area contributed by atoms with E-state index in [0.29, 0.717) is 0 Å². The molecule has 2 rings (SSSR count). The van der Waals surface area contributed by atoms with Gasteiger partial charge in [0.15, 0.2) is 0 Å². The molecule has 2 aromatic rings. The summed E-state index contributed by atoms with van der Waals surface area (Å²) < 4.78 is 12.7. The largest absolute Gasteiger partial charge is 0.264 e. The van der Waals surface area contributed by atoms with Crippen LogP contribution in [0.1, 0.15) is 5.56 Å². The van der Waals surface area contributed by atoms with Crippen molar-refractivity contribution in [1.29, 1.82) is 0 Å². The number of hydrogen-bond donors (Lipinski definition) is 0. The van der Waals surface area contributed by atoms with Crippen molar-refractivity contribution in [1.82, 2.24) is 4.98 Å². The molecule has 14 heavy (non-hydrogen) atoms. The van der Waals surface area contributed by atoms with E-state index in [-0.39, 0.29) is 5.82 Å². The third kappa shape index (κ3) is 1.79. The fraction of sp³-hybridized carbons (Fsp3) is 0. The second-order valence-electron chi connectivity index (χ2n) is 3.09. The van der Waals surface area contributed by atoms with Crippen molar-refractivity contribution in [2.24, 2.45) is 0 Å². The second-order valence-corrected chi connectivity index (χ2v) is 3.09. The van der Waals surface area contributed by atoms with E-state index < -0.39 is 0 Å². The number of halogens is 1. The Labute approximate surface area is 82.2 Å². The predicted molar refractivity (Wildman–Crippen MR) is 54.1 cm³/mol. The minimum atomic E-state index is -0.229. The van der Waals surface area contributed by atoms with E-state index in [9.17, 15) is 4.39 Å². The summed E-state index contributed by atoms with van der Waals surface area (Å²) in [4.78, 5) is 4.03. The summed E-state index contributed by atoms with van der Waals surface area (Å²) in [5, 5.41) is 0. The van der Waals surface area contributed by atoms with Crippen LogP contribution in [0.4, 0.5) is 4.39 Å². The standard InChI is InChI=1S/C12H9FN/c1-9-6-11(8-14-7-9)10-2-4-12(13)5-3-10/h2-8H,1H2. The van der Waals surface area contributed by atoms with Crippen LogP contribution in [0.15, 0.2) is 42.7 Å². The summed E-state index contributed by atoms with van der Waals surface area (Å²) in [6.07, 6.45) is 3.43. The van der Waals surface area contributed by atoms with Crippen molar-refractivity contribution in [2.45, 2.75) is 0 Å². The van der Waals surface area contributed by atoms with E-state index in [4.69, 9.17) is 0 Å². The average Bonchev–Trinajstić information content (AvgIpc) is 2.19. The number of hydrogen-bond acceptors (Lipinski definition) is 1. The quantitative estimate of drug-likeness (QED) is 0.667. The van der Waals surface area contributed by atoms with Gasteiger partial charge in [-0.15, -0.1) is 0 Å². The highest BCUT2D eigenvalue weighted by molar-refractivity contribution is 5.62. The Morgan fingerprint density at radius 1 is 1.00 bits per heavy atom. The SMILES string of the molecule is [CH2]c1cncc(-c2ccc(F)cc2)c1. The zero-order valence-corrected chi connectivity index (χ0v) is 7.57. The summed E-state index contributed by atoms with van der Waals surface area (Å²) in [7, 11) is 0. The molecule has 0 amide bonds. The van der Waals surface area contributed by atoms with Gasteiger partial charge in [0.25, 0.3) is 0 Å². The normalized spacial score (nSPS) is 10.1. The number of rotatable bonds is 1. The van der Waals surface area contributed by atoms with Gasteiger partial charge in [-0.25, -0.2) is 4.39 Å². The van der Waals surface area contributed by atoms with E-state index in [2.05, 4.69) is 11.9 Å². The van der Waals surface area contributed by atoms with E-state index in [0.717, 1.165) is 16.7 Å². The van der Waals surface area contributed by atoms with Gasteiger partial charge in [0.05, 0.1) is 0 Å². The summed E-state index contributed by atoms with van der Waals surface area (Å²) in [5.74, 6) is -0.229. The summed E-state index contributed by atoms with van der Waals surface area (Å²) in [6, 6.07) is 8.24. The minimum absolute atomic E-state index is 0.229. The maximum absolute atomic E-state index is 12.7. The van der Waals surface area contributed by atoms with Crippen molar-refractivity contribution in [3.8, 4) is 11.1 Å². The zero-order valence-electron chi connectivity index (χ0n) is 7.57. The molecule has 0 aliphatic carbocycles. The van der Waals surface area contributed by atoms with Gasteiger partial charge in [-0.05, 0) is 36.2 Å². The van der Waals surface area contributed by atoms with E-state index in [1.807, 2.05) is 6.07 Å². The van der Waals surface area contributed by atoms with Gasteiger partial charge in [-0.2, -0.15) is 0 Å². The van der Waals surface area contributed by atoms with Crippen LogP contribution in [0.5, 0.6) is 0 Å². The molecule has 0 spiro atoms. The van der Waals surface area contributed by atoms with Crippen LogP contribution in [0.2, 0.25) is 0 Å². The molecule has 0 unspecified atom stereocenters. The van der Waals surface area contributed by atoms with E-state index >= 15 is 0 Å². The smallest absolute Gasteiger partial charge is 0.123 e. The summed E-state index contributed by atoms with van der Waals surface area (Å²) in [6.45, 7) is 3.79. The Bertz CT molecular complexity index is 434. The minimum Gasteiger partial charge on any atom is -0.264 e. The van der Waals surface area contributed by atoms with Crippen molar-refractivity contribution in [3.63, 3.8) is 0 Å². The Kier molecular flexibility index (Phi) is 2.27. The highest BCUT2D eigenvalue weighted by Crippen LogP contribution is 2.19. The van der Waals surface area contributed by atoms with Gasteiger partial charge in [-0.3, -0.25) is 4.98 Å². The first-order chi connectivity index (χ1) is 6.75. The molecule has 0 aliphatic heterocycles. The molecule has 0 saturated carbocycles. The number of pyridine rings is 1. The first-order valence-electron chi connectivity index (χ1n) is 4.29. The molecule has 1 aromatic heterocycles. The Morgan fingerprint density at radius 2 is 1.71 bits per heavy atom. The lowest BCUT2D eigenvalue weighted by Gasteiger charge is -2.01. The molecule has 69 valence electrons. The average molecular weight is 186 g/mol. The molecule has 0 fully saturated rings. The van der Waals surface area contributed by atoms with E-state index in [1.54, 1.807) is 24.5 Å². The highest BCUT2D eigenvalue weighted by Gasteiger charge is 1.98. The van der Waals surface area contributed by atoms with Gasteiger partial charge in [-0.1, -0.05) is 12.1 Å². The number of benzene rings is 1. The summed E-state index contributed by atoms with van der Waals surface area (Å²) in [5.41, 5.74) is 2.76. The number of nitrogens with zero attached hydrogens (tertiary/aromatic N) is 1. The van der Waals surface area contributed by atoms with Gasteiger partial charge >= 0.3 is 0 Å². The third-order valence-corrected chi connectivity index (χ3v) is 1.97. The van der Waals surface area contributed by atoms with Crippen LogP contribution in [0.3, 0.4) is 0 Å². The van der Waals surface area contributed by atoms with Crippen LogP contribution >= 0.6 is 0 Å². The monoisotopic (exact) mass is 186 g/mol. The molecule has 0 bridgehead atoms. The number of aromatic nitrogens is 1. The van der Waals surface area contributed by atoms with Crippen molar-refractivity contribution < 1.29 is 4.39 Å². The van der Waals surface area contributed by atoms with Crippen molar-refractivity contribution >= 4 is 0 Å². The molecule has 1 heterocycles. The molecule has 0 atom stereocenters. The third-order valence-electron chi connectivity index (χ3n) is 1.97. The fourth-order valence-corrected chi connectivity index (χ4v) is 1.29. The zero-order chi connectivity index (χ0) is 9.97. The predicted octanol–water partition coefficient (Wildman–Crippen LogP) is 3.07. The molecule has 0 N–H and O–H groups in total. The van der Waals surface area contributed by atoms with Crippen LogP contribution in [0, 0.1) is 12.7 Å². The topological polar surface area (TPSA) is 12.9 Å². The maximum Gasteiger partial charge on any atom is 0.123 e. The fourth-order valence-electron chi connectivity index (χ4n) is 1.29. The molecule has 0 aliphatic rings. The highest BCUT2D eigenvalue weighted by atomic mass is 19.1. The summed E-state index contributed by atoms with van der Waals surface area (Å²) >= 11 is 0. The maximum atomic E-state index is 12.7. The Balaban J connectivity index is 2.44. The van der Waals surface area contributed by atoms with Gasteiger partial charge in [0.1, 0.15) is 5.82 Å². The van der Waals surface area contributed by atoms with E-state index in [1.165, 1.54) is 12.1 Å². The molecule has 2 heteroatoms. The second kappa shape index (κ2) is 3.58. The molecular weight excluding hydrogens is 177 g/mol. The molecular formula is C12H9FN. The lowest BCUT2D eigenvalue weighted by atomic mass is 10.1. The first-order valence-corrected chi connectivity index (χ1v) is 4.29. The first kappa shape index (κ1) is 8.88. The molecule has 1 aromatic carbocycles. The van der Waals surface area contributed by atoms with Crippen LogP contribution in [-0.4, -0.2) is 4.98 Å². The van der Waals surface area contributed by atoms with Gasteiger partial charge < -0.3 is 0 Å². The van der Waals surface area contributed by atoms with Crippen LogP contribution in [0.25, 0.3) is 11.1 Å². The lowest BCUT2D eigenvalue weighted by Crippen LogP contribution is -1.82. The van der Waals surface area contributed by atoms with Crippen LogP contribution < -0.4 is 0 Å². The van der Waals surface area contributed by atoms with Gasteiger partial charge in [0, 0.05) is 18.0 Å². The molecule has 0 saturated heterocycles. The van der Waals surface area contributed by atoms with Crippen molar-refractivity contribution in [2.75, 3.05) is 0 Å². The molecule has 1 radical (unpaired) electrons. The van der Waals surface area contributed by atoms with Crippen LogP contribution in [-0.2, 0) is 0 Å². The van der Waals surface area contributed by atoms with Crippen molar-refractivity contribution in [3.05, 3.63) is 61.0 Å². The Morgan fingerprint density at radius 3 is 2.36 bits per heavy atom. The van der Waals surface area contributed by atoms with Gasteiger partial charge in [0.2, 0.25) is 0 Å².